The van der Waals surface area contributed by atoms with Gasteiger partial charge >= 0.3 is 21.1 Å². The molecule has 10 nitrogen and oxygen atoms in total. The lowest BCUT2D eigenvalue weighted by Gasteiger charge is -2.32. The zero-order chi connectivity index (χ0) is 51.6. The van der Waals surface area contributed by atoms with Crippen molar-refractivity contribution in [2.24, 2.45) is 0 Å². The molecule has 0 radical (unpaired) electrons. The molecule has 0 spiro atoms. The standard InChI is InChI=1S/C16H24BNO2.C12H24B2O4.C10H12BrN.C10H13N.C9H11N/c1-15(2)16(3,4)20-17(19-15)13-8-9-14-12(11-13)7-6-10-18(14)5;1-9(2)10(3,4)16-13(15-9)14-17-11(5,6)12(7,8)18-14;1-12-6-2-3-8-7-9(11)4-5-10(8)12;1-11-8-4-6-9-5-2-3-7-10(9)11;1-2-6-9-8(4-1)5-3-7-10-9/h8-9,11H,6-7,10H2,1-5H3;1-8H3;4-5,7H,2-3,6H2,1H3;2-3,5,7H,4,6,8H2,1H3;1-2,4,6,10H,3,5,7H2. The van der Waals surface area contributed by atoms with Crippen LogP contribution in [0.4, 0.5) is 22.7 Å². The fraction of sp³-hybridized carbons (Fsp3) is 0.579. The van der Waals surface area contributed by atoms with Crippen LogP contribution in [0.3, 0.4) is 0 Å². The van der Waals surface area contributed by atoms with Gasteiger partial charge in [-0.15, -0.1) is 0 Å². The first-order valence-electron chi connectivity index (χ1n) is 26.3. The van der Waals surface area contributed by atoms with Crippen LogP contribution in [0.2, 0.25) is 0 Å². The summed E-state index contributed by atoms with van der Waals surface area (Å²) in [6, 6.07) is 30.3. The Labute approximate surface area is 438 Å². The Morgan fingerprint density at radius 2 is 0.831 bits per heavy atom. The summed E-state index contributed by atoms with van der Waals surface area (Å²) in [5.74, 6) is 0. The fourth-order valence-corrected chi connectivity index (χ4v) is 10.2. The Hall–Kier alpha value is -3.49. The number of hydrogen-bond acceptors (Lipinski definition) is 10. The third kappa shape index (κ3) is 12.9. The van der Waals surface area contributed by atoms with E-state index in [2.05, 4.69) is 170 Å². The van der Waals surface area contributed by atoms with Crippen molar-refractivity contribution < 1.29 is 27.9 Å². The first-order chi connectivity index (χ1) is 33.3. The summed E-state index contributed by atoms with van der Waals surface area (Å²) in [7, 11) is 5.28. The Balaban J connectivity index is 0.000000134. The Morgan fingerprint density at radius 3 is 1.32 bits per heavy atom. The van der Waals surface area contributed by atoms with Gasteiger partial charge in [0.25, 0.3) is 0 Å². The van der Waals surface area contributed by atoms with Gasteiger partial charge in [0.15, 0.2) is 0 Å². The minimum absolute atomic E-state index is 0.252. The predicted octanol–water partition coefficient (Wildman–Crippen LogP) is 11.6. The molecular formula is C57H84B3BrN4O6. The number of nitrogens with one attached hydrogen (secondary N) is 1. The van der Waals surface area contributed by atoms with E-state index in [1.165, 1.54) is 108 Å². The molecule has 3 saturated heterocycles. The Morgan fingerprint density at radius 1 is 0.437 bits per heavy atom. The molecule has 4 aromatic rings. The van der Waals surface area contributed by atoms with Crippen LogP contribution in [0.15, 0.2) is 89.4 Å². The molecule has 0 atom stereocenters. The number of anilines is 4. The monoisotopic (exact) mass is 1030 g/mol. The maximum atomic E-state index is 6.13. The molecule has 3 fully saturated rings. The van der Waals surface area contributed by atoms with Crippen LogP contribution in [0.25, 0.3) is 0 Å². The van der Waals surface area contributed by atoms with Gasteiger partial charge in [0.05, 0.1) is 33.6 Å². The molecule has 11 rings (SSSR count). The minimum Gasteiger partial charge on any atom is -0.405 e. The van der Waals surface area contributed by atoms with Gasteiger partial charge in [0.1, 0.15) is 0 Å². The molecule has 7 heterocycles. The van der Waals surface area contributed by atoms with Crippen LogP contribution in [0.5, 0.6) is 0 Å². The number of nitrogens with zero attached hydrogens (tertiary/aromatic N) is 3. The van der Waals surface area contributed by atoms with Crippen LogP contribution in [0, 0.1) is 0 Å². The van der Waals surface area contributed by atoms with Gasteiger partial charge in [0.2, 0.25) is 0 Å². The van der Waals surface area contributed by atoms with Crippen molar-refractivity contribution in [3.05, 3.63) is 112 Å². The SMILES string of the molecule is CC1(C)OB(B2OC(C)(C)C(C)(C)O2)OC1(C)C.CN1CCCc2cc(B3OC(C)(C)C(C)(C)O3)ccc21.CN1CCCc2cc(Br)ccc21.CN1CCCc2ccccc21.c1ccc2c(c1)CCCN2. The number of hydrogen-bond donors (Lipinski definition) is 1. The maximum absolute atomic E-state index is 6.13. The highest BCUT2D eigenvalue weighted by atomic mass is 79.9. The molecule has 384 valence electrons. The Kier molecular flexibility index (Phi) is 17.2. The van der Waals surface area contributed by atoms with E-state index in [0.717, 1.165) is 25.0 Å². The molecule has 14 heteroatoms. The van der Waals surface area contributed by atoms with E-state index in [1.54, 1.807) is 0 Å². The second-order valence-electron chi connectivity index (χ2n) is 23.4. The summed E-state index contributed by atoms with van der Waals surface area (Å²) >= 11 is 3.49. The van der Waals surface area contributed by atoms with Crippen molar-refractivity contribution in [2.45, 2.75) is 168 Å². The molecule has 7 aliphatic heterocycles. The van der Waals surface area contributed by atoms with Crippen molar-refractivity contribution in [2.75, 3.05) is 67.3 Å². The quantitative estimate of drug-likeness (QED) is 0.196. The third-order valence-corrected chi connectivity index (χ3v) is 16.9. The van der Waals surface area contributed by atoms with Gasteiger partial charge in [-0.3, -0.25) is 0 Å². The highest BCUT2D eigenvalue weighted by molar-refractivity contribution is 9.10. The molecule has 0 aliphatic carbocycles. The largest absolute Gasteiger partial charge is 0.494 e. The number of rotatable bonds is 2. The minimum atomic E-state index is -0.476. The van der Waals surface area contributed by atoms with Crippen LogP contribution in [0.1, 0.15) is 131 Å². The summed E-state index contributed by atoms with van der Waals surface area (Å²) in [5.41, 5.74) is 10.5. The lowest BCUT2D eigenvalue weighted by molar-refractivity contribution is 0.00578. The lowest BCUT2D eigenvalue weighted by atomic mass is 9.49. The van der Waals surface area contributed by atoms with Crippen molar-refractivity contribution in [1.29, 1.82) is 0 Å². The summed E-state index contributed by atoms with van der Waals surface area (Å²) in [4.78, 5) is 6.98. The van der Waals surface area contributed by atoms with Gasteiger partial charge < -0.3 is 47.9 Å². The second kappa shape index (κ2) is 22.2. The lowest BCUT2D eigenvalue weighted by Crippen LogP contribution is -2.41. The molecule has 0 saturated carbocycles. The number of aryl methyl sites for hydroxylation is 4. The van der Waals surface area contributed by atoms with Crippen molar-refractivity contribution in [1.82, 2.24) is 0 Å². The zero-order valence-electron chi connectivity index (χ0n) is 46.0. The number of halogens is 1. The van der Waals surface area contributed by atoms with Crippen molar-refractivity contribution >= 4 is 65.3 Å². The average Bonchev–Trinajstić information content (AvgIpc) is 3.79. The average molecular weight is 1030 g/mol. The zero-order valence-corrected chi connectivity index (χ0v) is 47.6. The summed E-state index contributed by atoms with van der Waals surface area (Å²) in [6.45, 7) is 29.3. The molecule has 0 aromatic heterocycles. The van der Waals surface area contributed by atoms with Crippen LogP contribution in [-0.2, 0) is 53.6 Å². The van der Waals surface area contributed by atoms with Gasteiger partial charge in [-0.05, 0) is 199 Å². The van der Waals surface area contributed by atoms with Crippen LogP contribution in [-0.4, -0.2) is 102 Å². The van der Waals surface area contributed by atoms with Crippen LogP contribution >= 0.6 is 15.9 Å². The second-order valence-corrected chi connectivity index (χ2v) is 24.3. The van der Waals surface area contributed by atoms with Gasteiger partial charge in [0, 0.05) is 74.5 Å². The third-order valence-electron chi connectivity index (χ3n) is 16.4. The molecule has 7 aliphatic rings. The summed E-state index contributed by atoms with van der Waals surface area (Å²) < 4.78 is 37.3. The molecule has 0 unspecified atom stereocenters. The normalized spacial score (nSPS) is 22.3. The van der Waals surface area contributed by atoms with E-state index in [9.17, 15) is 0 Å². The fourth-order valence-electron chi connectivity index (χ4n) is 9.82. The molecule has 71 heavy (non-hydrogen) atoms. The maximum Gasteiger partial charge on any atom is 0.494 e. The number of para-hydroxylation sites is 2. The number of fused-ring (bicyclic) bond motifs is 4. The first-order valence-corrected chi connectivity index (χ1v) is 27.1. The summed E-state index contributed by atoms with van der Waals surface area (Å²) in [6.07, 6.45) is 9.93. The van der Waals surface area contributed by atoms with Crippen molar-refractivity contribution in [3.63, 3.8) is 0 Å². The molecule has 1 N–H and O–H groups in total. The van der Waals surface area contributed by atoms with E-state index in [0.29, 0.717) is 0 Å². The van der Waals surface area contributed by atoms with Gasteiger partial charge in [-0.25, -0.2) is 0 Å². The number of benzene rings is 4. The van der Waals surface area contributed by atoms with Gasteiger partial charge in [-0.2, -0.15) is 0 Å². The smallest absolute Gasteiger partial charge is 0.405 e. The van der Waals surface area contributed by atoms with E-state index in [-0.39, 0.29) is 40.7 Å². The Bertz CT molecular complexity index is 2330. The van der Waals surface area contributed by atoms with Crippen molar-refractivity contribution in [3.8, 4) is 0 Å². The van der Waals surface area contributed by atoms with E-state index in [4.69, 9.17) is 27.9 Å². The first kappa shape index (κ1) is 55.3. The topological polar surface area (TPSA) is 77.1 Å². The molecule has 4 aromatic carbocycles. The van der Waals surface area contributed by atoms with E-state index >= 15 is 0 Å². The predicted molar refractivity (Wildman–Crippen MR) is 303 cm³/mol. The highest BCUT2D eigenvalue weighted by Gasteiger charge is 2.63. The molecule has 0 bridgehead atoms. The molecular weight excluding hydrogens is 949 g/mol. The van der Waals surface area contributed by atoms with E-state index < -0.39 is 14.0 Å². The highest BCUT2D eigenvalue weighted by Crippen LogP contribution is 2.43. The van der Waals surface area contributed by atoms with Gasteiger partial charge in [-0.1, -0.05) is 64.5 Å². The molecule has 0 amide bonds. The summed E-state index contributed by atoms with van der Waals surface area (Å²) in [5, 5.41) is 3.36. The van der Waals surface area contributed by atoms with E-state index in [1.807, 2.05) is 55.4 Å². The van der Waals surface area contributed by atoms with Crippen LogP contribution < -0.4 is 25.5 Å².